The molecule has 0 aliphatic carbocycles. The van der Waals surface area contributed by atoms with Crippen molar-refractivity contribution in [3.05, 3.63) is 65.9 Å². The lowest BCUT2D eigenvalue weighted by atomic mass is 10.1. The average Bonchev–Trinajstić information content (AvgIpc) is 3.54. The molecular weight excluding hydrogens is 496 g/mol. The van der Waals surface area contributed by atoms with Crippen LogP contribution in [0.1, 0.15) is 27.6 Å². The van der Waals surface area contributed by atoms with Crippen LogP contribution in [0.2, 0.25) is 0 Å². The summed E-state index contributed by atoms with van der Waals surface area (Å²) in [7, 11) is 3.95. The fourth-order valence-electron chi connectivity index (χ4n) is 5.34. The summed E-state index contributed by atoms with van der Waals surface area (Å²) in [6.45, 7) is 5.44. The van der Waals surface area contributed by atoms with E-state index in [-0.39, 0.29) is 30.1 Å². The highest BCUT2D eigenvalue weighted by Gasteiger charge is 2.35. The van der Waals surface area contributed by atoms with Gasteiger partial charge in [0, 0.05) is 69.0 Å². The molecule has 0 radical (unpaired) electrons. The topological polar surface area (TPSA) is 100 Å². The summed E-state index contributed by atoms with van der Waals surface area (Å²) >= 11 is 0. The first-order valence-electron chi connectivity index (χ1n) is 13.3. The Hall–Kier alpha value is -4.18. The second-order valence-electron chi connectivity index (χ2n) is 10.4. The number of piperazine rings is 1. The average molecular weight is 531 g/mol. The van der Waals surface area contributed by atoms with Gasteiger partial charge in [-0.2, -0.15) is 0 Å². The van der Waals surface area contributed by atoms with Crippen LogP contribution in [0.3, 0.4) is 0 Å². The molecule has 5 rings (SSSR count). The van der Waals surface area contributed by atoms with Crippen LogP contribution in [0.15, 0.2) is 54.7 Å². The first-order valence-corrected chi connectivity index (χ1v) is 13.3. The molecule has 3 aromatic rings. The van der Waals surface area contributed by atoms with Crippen molar-refractivity contribution in [2.75, 3.05) is 64.8 Å². The van der Waals surface area contributed by atoms with E-state index in [1.807, 2.05) is 55.1 Å². The van der Waals surface area contributed by atoms with Gasteiger partial charge in [0.05, 0.1) is 16.8 Å². The molecule has 2 saturated heterocycles. The van der Waals surface area contributed by atoms with Crippen molar-refractivity contribution in [2.45, 2.75) is 13.0 Å². The predicted octanol–water partition coefficient (Wildman–Crippen LogP) is 2.53. The monoisotopic (exact) mass is 530 g/mol. The number of amides is 4. The number of nitrogens with zero attached hydrogens (tertiary/aromatic N) is 5. The molecule has 2 fully saturated rings. The molecule has 10 nitrogen and oxygen atoms in total. The fraction of sp³-hybridized carbons (Fsp3) is 0.379. The smallest absolute Gasteiger partial charge is 0.324 e. The molecule has 0 spiro atoms. The Morgan fingerprint density at radius 3 is 2.46 bits per heavy atom. The summed E-state index contributed by atoms with van der Waals surface area (Å²) in [5.74, 6) is -1.28. The zero-order valence-corrected chi connectivity index (χ0v) is 22.6. The fourth-order valence-corrected chi connectivity index (χ4v) is 5.34. The van der Waals surface area contributed by atoms with Gasteiger partial charge in [0.15, 0.2) is 0 Å². The van der Waals surface area contributed by atoms with E-state index < -0.39 is 11.7 Å². The molecule has 4 amide bonds. The van der Waals surface area contributed by atoms with Crippen molar-refractivity contribution in [3.63, 3.8) is 0 Å². The molecule has 2 aromatic carbocycles. The number of fused-ring (bicyclic) bond motifs is 1. The number of para-hydroxylation sites is 1. The SMILES string of the molecule is CC1CN(C(=O)c2ccccc2)CCN1C(=O)C(=O)c1c[nH]c2c(N3CCN(CCN(C)C)C3=O)cccc12. The summed E-state index contributed by atoms with van der Waals surface area (Å²) in [6.07, 6.45) is 1.55. The lowest BCUT2D eigenvalue weighted by Crippen LogP contribution is -2.56. The van der Waals surface area contributed by atoms with Gasteiger partial charge in [-0.3, -0.25) is 19.3 Å². The van der Waals surface area contributed by atoms with Gasteiger partial charge < -0.3 is 24.6 Å². The minimum absolute atomic E-state index is 0.0698. The summed E-state index contributed by atoms with van der Waals surface area (Å²) in [5.41, 5.74) is 2.23. The van der Waals surface area contributed by atoms with E-state index in [4.69, 9.17) is 0 Å². The van der Waals surface area contributed by atoms with Gasteiger partial charge in [-0.25, -0.2) is 4.79 Å². The first kappa shape index (κ1) is 26.4. The summed E-state index contributed by atoms with van der Waals surface area (Å²) in [4.78, 5) is 64.7. The molecule has 1 atom stereocenters. The maximum atomic E-state index is 13.4. The van der Waals surface area contributed by atoms with Crippen LogP contribution in [-0.4, -0.2) is 114 Å². The summed E-state index contributed by atoms with van der Waals surface area (Å²) in [6, 6.07) is 14.1. The number of nitrogens with one attached hydrogen (secondary N) is 1. The minimum Gasteiger partial charge on any atom is -0.359 e. The molecule has 3 heterocycles. The standard InChI is InChI=1S/C29H34N6O4/c1-20-19-33(27(37)21-8-5-4-6-9-21)15-16-34(20)28(38)26(36)23-18-30-25-22(23)10-7-11-24(25)35-17-14-32(29(35)39)13-12-31(2)3/h4-11,18,20,30H,12-17,19H2,1-3H3. The van der Waals surface area contributed by atoms with E-state index in [0.717, 1.165) is 6.54 Å². The van der Waals surface area contributed by atoms with Crippen LogP contribution >= 0.6 is 0 Å². The number of H-pyrrole nitrogens is 1. The van der Waals surface area contributed by atoms with E-state index in [1.54, 1.807) is 45.2 Å². The maximum Gasteiger partial charge on any atom is 0.324 e. The lowest BCUT2D eigenvalue weighted by Gasteiger charge is -2.39. The third-order valence-corrected chi connectivity index (χ3v) is 7.53. The highest BCUT2D eigenvalue weighted by molar-refractivity contribution is 6.45. The molecule has 1 unspecified atom stereocenters. The Labute approximate surface area is 227 Å². The molecule has 0 saturated carbocycles. The molecule has 2 aliphatic rings. The summed E-state index contributed by atoms with van der Waals surface area (Å²) in [5, 5.41) is 0.607. The van der Waals surface area contributed by atoms with Gasteiger partial charge in [0.1, 0.15) is 0 Å². The van der Waals surface area contributed by atoms with Crippen LogP contribution in [0, 0.1) is 0 Å². The van der Waals surface area contributed by atoms with Gasteiger partial charge in [0.25, 0.3) is 17.6 Å². The predicted molar refractivity (Wildman–Crippen MR) is 149 cm³/mol. The summed E-state index contributed by atoms with van der Waals surface area (Å²) < 4.78 is 0. The number of likely N-dealkylation sites (N-methyl/N-ethyl adjacent to an activating group) is 1. The third kappa shape index (κ3) is 5.12. The van der Waals surface area contributed by atoms with Crippen molar-refractivity contribution < 1.29 is 19.2 Å². The highest BCUT2D eigenvalue weighted by atomic mass is 16.2. The molecule has 1 aromatic heterocycles. The van der Waals surface area contributed by atoms with Crippen LogP contribution in [0.4, 0.5) is 10.5 Å². The number of aromatic nitrogens is 1. The van der Waals surface area contributed by atoms with Crippen LogP contribution in [0.5, 0.6) is 0 Å². The van der Waals surface area contributed by atoms with Crippen molar-refractivity contribution in [2.24, 2.45) is 0 Å². The zero-order chi connectivity index (χ0) is 27.7. The van der Waals surface area contributed by atoms with E-state index >= 15 is 0 Å². The van der Waals surface area contributed by atoms with E-state index in [9.17, 15) is 19.2 Å². The van der Waals surface area contributed by atoms with Gasteiger partial charge in [-0.15, -0.1) is 0 Å². The van der Waals surface area contributed by atoms with Gasteiger partial charge in [0.2, 0.25) is 0 Å². The number of hydrogen-bond acceptors (Lipinski definition) is 5. The normalized spacial score (nSPS) is 17.9. The van der Waals surface area contributed by atoms with Gasteiger partial charge in [-0.05, 0) is 39.2 Å². The van der Waals surface area contributed by atoms with Crippen LogP contribution in [-0.2, 0) is 4.79 Å². The number of rotatable bonds is 7. The number of hydrogen-bond donors (Lipinski definition) is 1. The number of benzene rings is 2. The number of anilines is 1. The molecule has 39 heavy (non-hydrogen) atoms. The van der Waals surface area contributed by atoms with E-state index in [1.165, 1.54) is 0 Å². The largest absolute Gasteiger partial charge is 0.359 e. The maximum absolute atomic E-state index is 13.4. The molecule has 0 bridgehead atoms. The van der Waals surface area contributed by atoms with E-state index in [0.29, 0.717) is 54.9 Å². The lowest BCUT2D eigenvalue weighted by molar-refractivity contribution is -0.130. The van der Waals surface area contributed by atoms with Crippen LogP contribution in [0.25, 0.3) is 10.9 Å². The van der Waals surface area contributed by atoms with Crippen molar-refractivity contribution >= 4 is 40.2 Å². The first-order chi connectivity index (χ1) is 18.8. The second-order valence-corrected chi connectivity index (χ2v) is 10.4. The minimum atomic E-state index is -0.603. The second kappa shape index (κ2) is 10.9. The molecule has 2 aliphatic heterocycles. The van der Waals surface area contributed by atoms with E-state index in [2.05, 4.69) is 4.98 Å². The number of Topliss-reactive ketones (excluding diaryl/α,β-unsaturated/α-hetero) is 1. The Morgan fingerprint density at radius 2 is 1.74 bits per heavy atom. The Kier molecular flexibility index (Phi) is 7.38. The Balaban J connectivity index is 1.30. The van der Waals surface area contributed by atoms with Gasteiger partial charge >= 0.3 is 6.03 Å². The number of carbonyl (C=O) groups is 4. The number of ketones is 1. The van der Waals surface area contributed by atoms with Crippen molar-refractivity contribution in [3.8, 4) is 0 Å². The number of aromatic amines is 1. The van der Waals surface area contributed by atoms with Gasteiger partial charge in [-0.1, -0.05) is 30.3 Å². The van der Waals surface area contributed by atoms with Crippen LogP contribution < -0.4 is 4.90 Å². The number of urea groups is 1. The number of carbonyl (C=O) groups excluding carboxylic acids is 4. The van der Waals surface area contributed by atoms with Crippen molar-refractivity contribution in [1.29, 1.82) is 0 Å². The quantitative estimate of drug-likeness (QED) is 0.374. The Morgan fingerprint density at radius 1 is 0.974 bits per heavy atom. The zero-order valence-electron chi connectivity index (χ0n) is 22.6. The molecular formula is C29H34N6O4. The Bertz CT molecular complexity index is 1400. The third-order valence-electron chi connectivity index (χ3n) is 7.53. The highest BCUT2D eigenvalue weighted by Crippen LogP contribution is 2.31. The van der Waals surface area contributed by atoms with Crippen molar-refractivity contribution in [1.82, 2.24) is 24.6 Å². The molecule has 10 heteroatoms. The molecule has 1 N–H and O–H groups in total. The molecule has 204 valence electrons.